The Morgan fingerprint density at radius 2 is 1.81 bits per heavy atom. The number of aromatic hydroxyl groups is 1. The molecule has 0 spiro atoms. The van der Waals surface area contributed by atoms with Crippen molar-refractivity contribution >= 4 is 44.8 Å². The van der Waals surface area contributed by atoms with Crippen LogP contribution in [0.4, 0.5) is 17.1 Å². The summed E-state index contributed by atoms with van der Waals surface area (Å²) < 4.78 is 5.61. The number of fused-ring (bicyclic) bond motifs is 1. The van der Waals surface area contributed by atoms with Crippen molar-refractivity contribution in [2.45, 2.75) is 25.5 Å². The molecule has 0 unspecified atom stereocenters. The van der Waals surface area contributed by atoms with Gasteiger partial charge in [-0.05, 0) is 63.8 Å². The first-order valence-electron chi connectivity index (χ1n) is 11.5. The van der Waals surface area contributed by atoms with E-state index in [1.165, 1.54) is 30.4 Å². The normalized spacial score (nSPS) is 20.9. The van der Waals surface area contributed by atoms with Gasteiger partial charge < -0.3 is 9.84 Å². The van der Waals surface area contributed by atoms with E-state index in [4.69, 9.17) is 9.57 Å². The molecule has 0 bridgehead atoms. The van der Waals surface area contributed by atoms with Crippen molar-refractivity contribution < 1.29 is 29.2 Å². The van der Waals surface area contributed by atoms with Crippen LogP contribution in [-0.2, 0) is 20.8 Å². The number of nitrogens with zero attached hydrogens (tertiary/aromatic N) is 3. The van der Waals surface area contributed by atoms with Gasteiger partial charge in [-0.15, -0.1) is 0 Å². The molecule has 0 aromatic heterocycles. The number of benzene rings is 3. The lowest BCUT2D eigenvalue weighted by Crippen LogP contribution is -2.37. The largest absolute Gasteiger partial charge is 0.503 e. The molecular formula is C26H22BrN3O7. The van der Waals surface area contributed by atoms with Gasteiger partial charge in [0.1, 0.15) is 5.92 Å². The molecule has 1 N–H and O–H groups in total. The van der Waals surface area contributed by atoms with Gasteiger partial charge in [0.05, 0.1) is 33.9 Å². The van der Waals surface area contributed by atoms with Gasteiger partial charge in [-0.1, -0.05) is 25.1 Å². The Morgan fingerprint density at radius 1 is 1.08 bits per heavy atom. The maximum Gasteiger partial charge on any atom is 0.271 e. The van der Waals surface area contributed by atoms with Crippen molar-refractivity contribution in [1.29, 1.82) is 0 Å². The van der Waals surface area contributed by atoms with E-state index in [2.05, 4.69) is 15.9 Å². The number of phenols is 1. The Labute approximate surface area is 220 Å². The number of aryl methyl sites for hydroxylation is 1. The van der Waals surface area contributed by atoms with E-state index in [1.807, 2.05) is 19.1 Å². The second kappa shape index (κ2) is 9.49. The van der Waals surface area contributed by atoms with Gasteiger partial charge in [0, 0.05) is 12.1 Å². The summed E-state index contributed by atoms with van der Waals surface area (Å²) in [7, 11) is 1.39. The zero-order valence-corrected chi connectivity index (χ0v) is 21.4. The minimum absolute atomic E-state index is 0.130. The molecule has 0 aliphatic carbocycles. The number of carbonyl (C=O) groups is 2. The molecule has 37 heavy (non-hydrogen) atoms. The quantitative estimate of drug-likeness (QED) is 0.258. The molecule has 10 nitrogen and oxygen atoms in total. The lowest BCUT2D eigenvalue weighted by Gasteiger charge is -2.29. The Balaban J connectivity index is 1.62. The average Bonchev–Trinajstić information content (AvgIpc) is 3.41. The number of methoxy groups -OCH3 is 1. The van der Waals surface area contributed by atoms with Crippen LogP contribution in [0.3, 0.4) is 0 Å². The van der Waals surface area contributed by atoms with Crippen LogP contribution in [-0.4, -0.2) is 35.1 Å². The number of rotatable bonds is 6. The number of phenolic OH excluding ortho intramolecular Hbond substituents is 1. The van der Waals surface area contributed by atoms with E-state index in [0.29, 0.717) is 21.4 Å². The summed E-state index contributed by atoms with van der Waals surface area (Å²) >= 11 is 3.31. The van der Waals surface area contributed by atoms with Crippen LogP contribution in [0.1, 0.15) is 24.1 Å². The predicted molar refractivity (Wildman–Crippen MR) is 137 cm³/mol. The molecule has 5 rings (SSSR count). The molecule has 3 aromatic rings. The van der Waals surface area contributed by atoms with Crippen molar-refractivity contribution in [2.75, 3.05) is 17.1 Å². The van der Waals surface area contributed by atoms with Crippen LogP contribution >= 0.6 is 15.9 Å². The van der Waals surface area contributed by atoms with Gasteiger partial charge in [0.15, 0.2) is 17.6 Å². The number of hydrogen-bond acceptors (Lipinski definition) is 8. The minimum Gasteiger partial charge on any atom is -0.503 e. The molecule has 11 heteroatoms. The summed E-state index contributed by atoms with van der Waals surface area (Å²) in [5.74, 6) is -1.92. The number of amides is 2. The highest BCUT2D eigenvalue weighted by Crippen LogP contribution is 2.50. The molecule has 0 radical (unpaired) electrons. The van der Waals surface area contributed by atoms with E-state index >= 15 is 0 Å². The van der Waals surface area contributed by atoms with E-state index in [1.54, 1.807) is 30.3 Å². The summed E-state index contributed by atoms with van der Waals surface area (Å²) in [6.45, 7) is 2.01. The molecule has 2 aliphatic rings. The van der Waals surface area contributed by atoms with Crippen LogP contribution in [0.15, 0.2) is 65.1 Å². The highest BCUT2D eigenvalue weighted by Gasteiger charge is 2.60. The number of nitro benzene ring substituents is 1. The first-order valence-corrected chi connectivity index (χ1v) is 12.3. The third-order valence-electron chi connectivity index (χ3n) is 6.63. The number of hydroxylamine groups is 1. The maximum absolute atomic E-state index is 13.8. The van der Waals surface area contributed by atoms with E-state index in [-0.39, 0.29) is 17.2 Å². The van der Waals surface area contributed by atoms with Crippen LogP contribution in [0.5, 0.6) is 11.5 Å². The highest BCUT2D eigenvalue weighted by atomic mass is 79.9. The third-order valence-corrected chi connectivity index (χ3v) is 7.23. The highest BCUT2D eigenvalue weighted by molar-refractivity contribution is 9.10. The lowest BCUT2D eigenvalue weighted by atomic mass is 9.90. The van der Waals surface area contributed by atoms with Crippen molar-refractivity contribution in [1.82, 2.24) is 0 Å². The predicted octanol–water partition coefficient (Wildman–Crippen LogP) is 4.69. The third kappa shape index (κ3) is 4.09. The number of anilines is 2. The van der Waals surface area contributed by atoms with Gasteiger partial charge >= 0.3 is 0 Å². The summed E-state index contributed by atoms with van der Waals surface area (Å²) in [4.78, 5) is 45.4. The lowest BCUT2D eigenvalue weighted by molar-refractivity contribution is -0.384. The van der Waals surface area contributed by atoms with Crippen molar-refractivity contribution in [3.8, 4) is 11.5 Å². The first-order chi connectivity index (χ1) is 17.7. The fraction of sp³-hybridized carbons (Fsp3) is 0.231. The topological polar surface area (TPSA) is 122 Å². The molecular weight excluding hydrogens is 546 g/mol. The van der Waals surface area contributed by atoms with Crippen LogP contribution < -0.4 is 14.7 Å². The molecule has 3 aromatic carbocycles. The summed E-state index contributed by atoms with van der Waals surface area (Å²) in [5, 5.41) is 23.1. The number of imide groups is 1. The monoisotopic (exact) mass is 567 g/mol. The zero-order chi connectivity index (χ0) is 26.4. The van der Waals surface area contributed by atoms with E-state index in [9.17, 15) is 24.8 Å². The molecule has 2 aliphatic heterocycles. The van der Waals surface area contributed by atoms with Crippen molar-refractivity contribution in [2.24, 2.45) is 5.92 Å². The second-order valence-electron chi connectivity index (χ2n) is 8.68. The molecule has 0 saturated carbocycles. The second-order valence-corrected chi connectivity index (χ2v) is 9.54. The number of nitro groups is 1. The summed E-state index contributed by atoms with van der Waals surface area (Å²) in [6, 6.07) is 15.2. The van der Waals surface area contributed by atoms with Crippen LogP contribution in [0, 0.1) is 16.0 Å². The van der Waals surface area contributed by atoms with Gasteiger partial charge in [-0.3, -0.25) is 24.5 Å². The zero-order valence-electron chi connectivity index (χ0n) is 19.8. The fourth-order valence-electron chi connectivity index (χ4n) is 4.78. The Hall–Kier alpha value is -3.96. The Kier molecular flexibility index (Phi) is 6.34. The Bertz CT molecular complexity index is 1410. The van der Waals surface area contributed by atoms with Crippen LogP contribution in [0.25, 0.3) is 0 Å². The number of ether oxygens (including phenoxy) is 1. The fourth-order valence-corrected chi connectivity index (χ4v) is 5.24. The molecule has 2 heterocycles. The molecule has 190 valence electrons. The molecule has 2 fully saturated rings. The molecule has 2 amide bonds. The van der Waals surface area contributed by atoms with Crippen LogP contribution in [0.2, 0.25) is 0 Å². The Morgan fingerprint density at radius 3 is 2.46 bits per heavy atom. The number of halogens is 1. The van der Waals surface area contributed by atoms with E-state index < -0.39 is 34.8 Å². The molecule has 3 atom stereocenters. The van der Waals surface area contributed by atoms with Gasteiger partial charge in [-0.2, -0.15) is 0 Å². The number of carbonyl (C=O) groups excluding carboxylic acids is 2. The molecule has 2 saturated heterocycles. The SMILES string of the molecule is CCc1ccc(N2C(=O)[C@H]3[C@H](ON(c4cccc([N+](=O)[O-])c4)[C@H]3c3cc(Br)c(O)c(OC)c3)C2=O)cc1. The standard InChI is InChI=1S/C26H22BrN3O7/c1-3-14-7-9-16(10-8-14)28-25(32)21-22(15-11-19(27)23(31)20(12-15)36-2)29(37-24(21)26(28)33)17-5-4-6-18(13-17)30(34)35/h4-13,21-22,24,31H,3H2,1-2H3/t21-,22+,24+/m1/s1. The van der Waals surface area contributed by atoms with Crippen molar-refractivity contribution in [3.63, 3.8) is 0 Å². The van der Waals surface area contributed by atoms with Gasteiger partial charge in [0.25, 0.3) is 11.6 Å². The van der Waals surface area contributed by atoms with Gasteiger partial charge in [0.2, 0.25) is 5.91 Å². The average molecular weight is 568 g/mol. The van der Waals surface area contributed by atoms with Gasteiger partial charge in [-0.25, -0.2) is 9.96 Å². The number of hydrogen-bond donors (Lipinski definition) is 1. The number of non-ortho nitro benzene ring substituents is 1. The smallest absolute Gasteiger partial charge is 0.271 e. The van der Waals surface area contributed by atoms with Crippen molar-refractivity contribution in [3.05, 3.63) is 86.4 Å². The minimum atomic E-state index is -1.15. The first kappa shape index (κ1) is 24.7. The van der Waals surface area contributed by atoms with E-state index in [0.717, 1.165) is 16.9 Å². The maximum atomic E-state index is 13.8. The summed E-state index contributed by atoms with van der Waals surface area (Å²) in [6.07, 6.45) is -0.338. The summed E-state index contributed by atoms with van der Waals surface area (Å²) in [5.41, 5.74) is 2.14.